The van der Waals surface area contributed by atoms with Gasteiger partial charge in [0.1, 0.15) is 18.9 Å². The number of quaternary nitrogens is 1. The lowest BCUT2D eigenvalue weighted by atomic mass is 10.1. The van der Waals surface area contributed by atoms with E-state index in [9.17, 15) is 9.90 Å². The Kier molecular flexibility index (Phi) is 6.18. The third-order valence-electron chi connectivity index (χ3n) is 3.66. The lowest BCUT2D eigenvalue weighted by Gasteiger charge is -2.36. The summed E-state index contributed by atoms with van der Waals surface area (Å²) in [6.45, 7) is 3.86. The summed E-state index contributed by atoms with van der Waals surface area (Å²) in [5.74, 6) is -0.252. The Hall–Kier alpha value is -1.20. The summed E-state index contributed by atoms with van der Waals surface area (Å²) in [5, 5.41) is 11.0. The molecule has 1 aliphatic rings. The van der Waals surface area contributed by atoms with E-state index in [1.807, 2.05) is 6.92 Å². The van der Waals surface area contributed by atoms with E-state index in [0.717, 1.165) is 25.1 Å². The third kappa shape index (κ3) is 4.14. The first kappa shape index (κ1) is 15.9. The van der Waals surface area contributed by atoms with Crippen molar-refractivity contribution in [3.05, 3.63) is 12.4 Å². The molecule has 1 rings (SSSR count). The summed E-state index contributed by atoms with van der Waals surface area (Å²) in [4.78, 5) is 15.3. The first-order valence-corrected chi connectivity index (χ1v) is 7.10. The Balaban J connectivity index is 2.58. The van der Waals surface area contributed by atoms with Crippen LogP contribution in [-0.4, -0.2) is 29.0 Å². The van der Waals surface area contributed by atoms with Crippen LogP contribution < -0.4 is 10.8 Å². The number of carbonyl (C=O) groups is 1. The van der Waals surface area contributed by atoms with Crippen molar-refractivity contribution in [1.29, 1.82) is 0 Å². The molecule has 0 bridgehead atoms. The number of aliphatic imine (C=N–C) groups is 1. The minimum absolute atomic E-state index is 0.107. The van der Waals surface area contributed by atoms with Gasteiger partial charge in [-0.1, -0.05) is 32.6 Å². The average Bonchev–Trinajstić information content (AvgIpc) is 2.72. The zero-order valence-corrected chi connectivity index (χ0v) is 12.0. The van der Waals surface area contributed by atoms with Gasteiger partial charge < -0.3 is 9.90 Å². The number of amidine groups is 1. The van der Waals surface area contributed by atoms with Crippen LogP contribution in [-0.2, 0) is 4.79 Å². The van der Waals surface area contributed by atoms with Gasteiger partial charge in [-0.25, -0.2) is 9.48 Å². The van der Waals surface area contributed by atoms with Crippen molar-refractivity contribution in [2.45, 2.75) is 58.5 Å². The quantitative estimate of drug-likeness (QED) is 0.502. The van der Waals surface area contributed by atoms with E-state index in [1.165, 1.54) is 19.3 Å². The van der Waals surface area contributed by atoms with Crippen LogP contribution in [0.3, 0.4) is 0 Å². The Labute approximate surface area is 115 Å². The number of aliphatic carboxylic acids is 1. The molecule has 0 aromatic rings. The topological polar surface area (TPSA) is 78.5 Å². The fourth-order valence-electron chi connectivity index (χ4n) is 2.46. The maximum absolute atomic E-state index is 11.0. The highest BCUT2D eigenvalue weighted by Gasteiger charge is 2.38. The van der Waals surface area contributed by atoms with E-state index in [0.29, 0.717) is 0 Å². The molecule has 5 heteroatoms. The van der Waals surface area contributed by atoms with E-state index < -0.39 is 5.97 Å². The first-order chi connectivity index (χ1) is 9.03. The number of hydrogen-bond donors (Lipinski definition) is 1. The van der Waals surface area contributed by atoms with Gasteiger partial charge in [0, 0.05) is 13.3 Å². The molecule has 2 atom stereocenters. The summed E-state index contributed by atoms with van der Waals surface area (Å²) in [5.41, 5.74) is 5.97. The normalized spacial score (nSPS) is 23.4. The second kappa shape index (κ2) is 7.40. The molecule has 1 aliphatic heterocycles. The molecule has 2 N–H and O–H groups in total. The summed E-state index contributed by atoms with van der Waals surface area (Å²) >= 11 is 0. The largest absolute Gasteiger partial charge is 0.544 e. The first-order valence-electron chi connectivity index (χ1n) is 7.10. The SMILES string of the molecule is CCCCCCCC1=NC=C[N+]1(CC(=O)[O-])C(C)N. The zero-order valence-electron chi connectivity index (χ0n) is 12.0. The minimum Gasteiger partial charge on any atom is -0.544 e. The lowest BCUT2D eigenvalue weighted by molar-refractivity contribution is -0.808. The fourth-order valence-corrected chi connectivity index (χ4v) is 2.46. The van der Waals surface area contributed by atoms with Gasteiger partial charge in [-0.05, 0) is 6.42 Å². The highest BCUT2D eigenvalue weighted by molar-refractivity contribution is 5.81. The van der Waals surface area contributed by atoms with Gasteiger partial charge in [0.15, 0.2) is 0 Å². The summed E-state index contributed by atoms with van der Waals surface area (Å²) < 4.78 is 0.107. The second-order valence-electron chi connectivity index (χ2n) is 5.21. The van der Waals surface area contributed by atoms with Crippen molar-refractivity contribution in [2.75, 3.05) is 6.54 Å². The van der Waals surface area contributed by atoms with Gasteiger partial charge >= 0.3 is 0 Å². The van der Waals surface area contributed by atoms with Crippen LogP contribution in [0.5, 0.6) is 0 Å². The number of carboxylic acid groups (broad SMARTS) is 1. The van der Waals surface area contributed by atoms with Crippen LogP contribution in [0.15, 0.2) is 17.4 Å². The van der Waals surface area contributed by atoms with E-state index in [2.05, 4.69) is 11.9 Å². The van der Waals surface area contributed by atoms with E-state index >= 15 is 0 Å². The molecule has 2 unspecified atom stereocenters. The summed E-state index contributed by atoms with van der Waals surface area (Å²) in [6.07, 6.45) is 9.75. The molecule has 1 heterocycles. The Bertz CT molecular complexity index is 364. The molecule has 0 saturated heterocycles. The van der Waals surface area contributed by atoms with Gasteiger partial charge in [0.2, 0.25) is 5.84 Å². The monoisotopic (exact) mass is 267 g/mol. The molecule has 108 valence electrons. The van der Waals surface area contributed by atoms with Crippen molar-refractivity contribution in [3.8, 4) is 0 Å². The second-order valence-corrected chi connectivity index (χ2v) is 5.21. The number of unbranched alkanes of at least 4 members (excludes halogenated alkanes) is 4. The van der Waals surface area contributed by atoms with Gasteiger partial charge in [-0.15, -0.1) is 0 Å². The van der Waals surface area contributed by atoms with Crippen molar-refractivity contribution in [3.63, 3.8) is 0 Å². The maximum Gasteiger partial charge on any atom is 0.209 e. The molecule has 0 aromatic heterocycles. The summed E-state index contributed by atoms with van der Waals surface area (Å²) in [6, 6.07) is 0. The molecule has 0 aromatic carbocycles. The van der Waals surface area contributed by atoms with Crippen molar-refractivity contribution < 1.29 is 14.4 Å². The average molecular weight is 267 g/mol. The highest BCUT2D eigenvalue weighted by atomic mass is 16.4. The van der Waals surface area contributed by atoms with Crippen LogP contribution in [0.4, 0.5) is 0 Å². The molecule has 0 amide bonds. The third-order valence-corrected chi connectivity index (χ3v) is 3.66. The fraction of sp³-hybridized carbons (Fsp3) is 0.714. The van der Waals surface area contributed by atoms with Gasteiger partial charge in [0.05, 0.1) is 12.2 Å². The van der Waals surface area contributed by atoms with Crippen molar-refractivity contribution in [2.24, 2.45) is 10.7 Å². The van der Waals surface area contributed by atoms with E-state index in [4.69, 9.17) is 5.73 Å². The van der Waals surface area contributed by atoms with Gasteiger partial charge in [-0.2, -0.15) is 0 Å². The van der Waals surface area contributed by atoms with Crippen LogP contribution >= 0.6 is 0 Å². The Morgan fingerprint density at radius 1 is 1.42 bits per heavy atom. The molecule has 0 spiro atoms. The smallest absolute Gasteiger partial charge is 0.209 e. The predicted octanol–water partition coefficient (Wildman–Crippen LogP) is 1.10. The maximum atomic E-state index is 11.0. The standard InChI is InChI=1S/C14H25N3O2/c1-3-4-5-6-7-8-13-16-9-10-17(13,12(2)15)11-14(18)19/h9-10,12H,3-8,11,15H2,1-2H3. The number of hydrogen-bond acceptors (Lipinski definition) is 4. The number of carbonyl (C=O) groups excluding carboxylic acids is 1. The molecular formula is C14H25N3O2. The molecule has 0 saturated carbocycles. The van der Waals surface area contributed by atoms with Crippen LogP contribution in [0.2, 0.25) is 0 Å². The van der Waals surface area contributed by atoms with Crippen LogP contribution in [0.1, 0.15) is 52.4 Å². The van der Waals surface area contributed by atoms with Crippen molar-refractivity contribution >= 4 is 11.8 Å². The van der Waals surface area contributed by atoms with E-state index in [-0.39, 0.29) is 17.2 Å². The van der Waals surface area contributed by atoms with Crippen molar-refractivity contribution in [1.82, 2.24) is 0 Å². The number of rotatable bonds is 9. The molecular weight excluding hydrogens is 242 g/mol. The number of carboxylic acids is 1. The van der Waals surface area contributed by atoms with Gasteiger partial charge in [0.25, 0.3) is 0 Å². The van der Waals surface area contributed by atoms with E-state index in [1.54, 1.807) is 12.4 Å². The molecule has 0 aliphatic carbocycles. The highest BCUT2D eigenvalue weighted by Crippen LogP contribution is 2.23. The molecule has 5 nitrogen and oxygen atoms in total. The van der Waals surface area contributed by atoms with Crippen LogP contribution in [0.25, 0.3) is 0 Å². The summed E-state index contributed by atoms with van der Waals surface area (Å²) in [7, 11) is 0. The predicted molar refractivity (Wildman–Crippen MR) is 73.7 cm³/mol. The molecule has 0 fully saturated rings. The lowest BCUT2D eigenvalue weighted by Crippen LogP contribution is -2.60. The van der Waals surface area contributed by atoms with Crippen LogP contribution in [0, 0.1) is 0 Å². The molecule has 0 radical (unpaired) electrons. The Morgan fingerprint density at radius 3 is 2.68 bits per heavy atom. The minimum atomic E-state index is -1.09. The van der Waals surface area contributed by atoms with Gasteiger partial charge in [-0.3, -0.25) is 5.73 Å². The molecule has 19 heavy (non-hydrogen) atoms. The zero-order chi connectivity index (χ0) is 14.3. The number of nitrogens with zero attached hydrogens (tertiary/aromatic N) is 2. The Morgan fingerprint density at radius 2 is 2.11 bits per heavy atom. The number of nitrogens with two attached hydrogens (primary N) is 1.